The van der Waals surface area contributed by atoms with Gasteiger partial charge in [0, 0.05) is 11.8 Å². The standard InChI is InChI=1S/C13H20N2O/c14-9-8-11-5-4-10-15-13(11)16-12-6-2-1-3-7-12/h4-5,10,12H,1-3,6-9,14H2. The molecule has 1 aromatic rings. The number of hydrogen-bond donors (Lipinski definition) is 1. The second-order valence-corrected chi connectivity index (χ2v) is 4.38. The lowest BCUT2D eigenvalue weighted by atomic mass is 9.98. The molecule has 0 unspecified atom stereocenters. The van der Waals surface area contributed by atoms with Crippen molar-refractivity contribution in [2.24, 2.45) is 5.73 Å². The lowest BCUT2D eigenvalue weighted by Crippen LogP contribution is -2.21. The molecule has 0 aromatic carbocycles. The van der Waals surface area contributed by atoms with E-state index < -0.39 is 0 Å². The predicted octanol–water partition coefficient (Wildman–Crippen LogP) is 2.29. The summed E-state index contributed by atoms with van der Waals surface area (Å²) in [5, 5.41) is 0. The molecule has 1 aromatic heterocycles. The zero-order chi connectivity index (χ0) is 11.2. The van der Waals surface area contributed by atoms with Gasteiger partial charge in [0.1, 0.15) is 6.10 Å². The number of hydrogen-bond acceptors (Lipinski definition) is 3. The highest BCUT2D eigenvalue weighted by molar-refractivity contribution is 5.25. The maximum absolute atomic E-state index is 5.97. The first-order valence-corrected chi connectivity index (χ1v) is 6.21. The summed E-state index contributed by atoms with van der Waals surface area (Å²) in [5.74, 6) is 0.792. The molecule has 2 rings (SSSR count). The minimum atomic E-state index is 0.361. The van der Waals surface area contributed by atoms with Crippen molar-refractivity contribution in [2.75, 3.05) is 6.54 Å². The summed E-state index contributed by atoms with van der Waals surface area (Å²) in [6.07, 6.45) is 9.23. The van der Waals surface area contributed by atoms with Crippen molar-refractivity contribution >= 4 is 0 Å². The molecule has 3 nitrogen and oxygen atoms in total. The lowest BCUT2D eigenvalue weighted by molar-refractivity contribution is 0.147. The van der Waals surface area contributed by atoms with E-state index in [2.05, 4.69) is 11.1 Å². The van der Waals surface area contributed by atoms with Crippen LogP contribution in [-0.4, -0.2) is 17.6 Å². The summed E-state index contributed by atoms with van der Waals surface area (Å²) in [7, 11) is 0. The van der Waals surface area contributed by atoms with Crippen LogP contribution in [0.5, 0.6) is 5.88 Å². The van der Waals surface area contributed by atoms with Gasteiger partial charge >= 0.3 is 0 Å². The van der Waals surface area contributed by atoms with Crippen LogP contribution < -0.4 is 10.5 Å². The van der Waals surface area contributed by atoms with Gasteiger partial charge in [0.05, 0.1) is 0 Å². The molecule has 0 aliphatic heterocycles. The van der Waals surface area contributed by atoms with Gasteiger partial charge in [-0.1, -0.05) is 12.5 Å². The van der Waals surface area contributed by atoms with Crippen LogP contribution >= 0.6 is 0 Å². The van der Waals surface area contributed by atoms with Gasteiger partial charge in [-0.15, -0.1) is 0 Å². The maximum Gasteiger partial charge on any atom is 0.216 e. The van der Waals surface area contributed by atoms with Crippen molar-refractivity contribution in [3.8, 4) is 5.88 Å². The Kier molecular flexibility index (Phi) is 4.17. The first kappa shape index (κ1) is 11.4. The molecule has 0 atom stereocenters. The molecule has 1 aliphatic carbocycles. The van der Waals surface area contributed by atoms with E-state index in [9.17, 15) is 0 Å². The van der Waals surface area contributed by atoms with E-state index in [0.29, 0.717) is 12.6 Å². The van der Waals surface area contributed by atoms with E-state index in [1.54, 1.807) is 6.20 Å². The van der Waals surface area contributed by atoms with E-state index in [0.717, 1.165) is 17.9 Å². The molecule has 0 radical (unpaired) electrons. The molecular formula is C13H20N2O. The van der Waals surface area contributed by atoms with Gasteiger partial charge in [0.15, 0.2) is 0 Å². The monoisotopic (exact) mass is 220 g/mol. The minimum absolute atomic E-state index is 0.361. The van der Waals surface area contributed by atoms with Crippen molar-refractivity contribution in [1.29, 1.82) is 0 Å². The summed E-state index contributed by atoms with van der Waals surface area (Å²) < 4.78 is 5.97. The third-order valence-corrected chi connectivity index (χ3v) is 3.09. The van der Waals surface area contributed by atoms with Crippen molar-refractivity contribution in [1.82, 2.24) is 4.98 Å². The summed E-state index contributed by atoms with van der Waals surface area (Å²) >= 11 is 0. The summed E-state index contributed by atoms with van der Waals surface area (Å²) in [4.78, 5) is 4.31. The lowest BCUT2D eigenvalue weighted by Gasteiger charge is -2.23. The van der Waals surface area contributed by atoms with Crippen LogP contribution in [0.1, 0.15) is 37.7 Å². The quantitative estimate of drug-likeness (QED) is 0.847. The molecule has 1 aliphatic rings. The second kappa shape index (κ2) is 5.85. The zero-order valence-corrected chi connectivity index (χ0v) is 9.69. The van der Waals surface area contributed by atoms with E-state index >= 15 is 0 Å². The molecule has 0 saturated heterocycles. The SMILES string of the molecule is NCCc1cccnc1OC1CCCCC1. The molecule has 1 saturated carbocycles. The highest BCUT2D eigenvalue weighted by atomic mass is 16.5. The zero-order valence-electron chi connectivity index (χ0n) is 9.69. The predicted molar refractivity (Wildman–Crippen MR) is 64.5 cm³/mol. The number of ether oxygens (including phenoxy) is 1. The Balaban J connectivity index is 2.01. The molecular weight excluding hydrogens is 200 g/mol. The normalized spacial score (nSPS) is 17.3. The van der Waals surface area contributed by atoms with Crippen molar-refractivity contribution in [3.63, 3.8) is 0 Å². The van der Waals surface area contributed by atoms with Gasteiger partial charge in [-0.3, -0.25) is 0 Å². The van der Waals surface area contributed by atoms with Crippen LogP contribution in [0.15, 0.2) is 18.3 Å². The average Bonchev–Trinajstić information content (AvgIpc) is 2.33. The van der Waals surface area contributed by atoms with Gasteiger partial charge in [-0.25, -0.2) is 4.98 Å². The van der Waals surface area contributed by atoms with Gasteiger partial charge in [-0.2, -0.15) is 0 Å². The van der Waals surface area contributed by atoms with E-state index in [1.807, 2.05) is 6.07 Å². The highest BCUT2D eigenvalue weighted by Crippen LogP contribution is 2.24. The molecule has 16 heavy (non-hydrogen) atoms. The fourth-order valence-electron chi connectivity index (χ4n) is 2.22. The molecule has 0 spiro atoms. The fraction of sp³-hybridized carbons (Fsp3) is 0.615. The summed E-state index contributed by atoms with van der Waals surface area (Å²) in [5.41, 5.74) is 6.71. The maximum atomic E-state index is 5.97. The van der Waals surface area contributed by atoms with Crippen LogP contribution in [0.3, 0.4) is 0 Å². The Bertz CT molecular complexity index is 321. The first-order chi connectivity index (χ1) is 7.90. The fourth-order valence-corrected chi connectivity index (χ4v) is 2.22. The molecule has 0 amide bonds. The molecule has 1 heterocycles. The Morgan fingerprint density at radius 3 is 2.88 bits per heavy atom. The van der Waals surface area contributed by atoms with Crippen molar-refractivity contribution in [3.05, 3.63) is 23.9 Å². The third kappa shape index (κ3) is 2.95. The van der Waals surface area contributed by atoms with E-state index in [-0.39, 0.29) is 0 Å². The number of nitrogens with two attached hydrogens (primary N) is 1. The number of pyridine rings is 1. The van der Waals surface area contributed by atoms with Gasteiger partial charge in [0.25, 0.3) is 0 Å². The highest BCUT2D eigenvalue weighted by Gasteiger charge is 2.16. The van der Waals surface area contributed by atoms with Crippen molar-refractivity contribution < 1.29 is 4.74 Å². The number of rotatable bonds is 4. The Morgan fingerprint density at radius 1 is 1.31 bits per heavy atom. The second-order valence-electron chi connectivity index (χ2n) is 4.38. The first-order valence-electron chi connectivity index (χ1n) is 6.21. The van der Waals surface area contributed by atoms with Crippen LogP contribution in [0, 0.1) is 0 Å². The molecule has 1 fully saturated rings. The Morgan fingerprint density at radius 2 is 2.12 bits per heavy atom. The average molecular weight is 220 g/mol. The van der Waals surface area contributed by atoms with Crippen molar-refractivity contribution in [2.45, 2.75) is 44.6 Å². The number of aromatic nitrogens is 1. The number of nitrogens with zero attached hydrogens (tertiary/aromatic N) is 1. The van der Waals surface area contributed by atoms with Gasteiger partial charge in [0.2, 0.25) is 5.88 Å². The molecule has 88 valence electrons. The third-order valence-electron chi connectivity index (χ3n) is 3.09. The van der Waals surface area contributed by atoms with Crippen LogP contribution in [0.25, 0.3) is 0 Å². The van der Waals surface area contributed by atoms with Gasteiger partial charge < -0.3 is 10.5 Å². The molecule has 0 bridgehead atoms. The minimum Gasteiger partial charge on any atom is -0.474 e. The van der Waals surface area contributed by atoms with Crippen LogP contribution in [0.4, 0.5) is 0 Å². The summed E-state index contributed by atoms with van der Waals surface area (Å²) in [6.45, 7) is 0.646. The smallest absolute Gasteiger partial charge is 0.216 e. The topological polar surface area (TPSA) is 48.1 Å². The van der Waals surface area contributed by atoms with Gasteiger partial charge in [-0.05, 0) is 44.7 Å². The van der Waals surface area contributed by atoms with E-state index in [4.69, 9.17) is 10.5 Å². The Hall–Kier alpha value is -1.09. The molecule has 2 N–H and O–H groups in total. The largest absolute Gasteiger partial charge is 0.474 e. The molecule has 3 heteroatoms. The van der Waals surface area contributed by atoms with E-state index in [1.165, 1.54) is 32.1 Å². The van der Waals surface area contributed by atoms with Crippen LogP contribution in [0.2, 0.25) is 0 Å². The van der Waals surface area contributed by atoms with Crippen LogP contribution in [-0.2, 0) is 6.42 Å². The Labute approximate surface area is 97.0 Å². The summed E-state index contributed by atoms with van der Waals surface area (Å²) in [6, 6.07) is 4.00.